The summed E-state index contributed by atoms with van der Waals surface area (Å²) in [4.78, 5) is 5.35. The van der Waals surface area contributed by atoms with Crippen LogP contribution in [-0.2, 0) is 0 Å². The van der Waals surface area contributed by atoms with Crippen LogP contribution in [0.5, 0.6) is 0 Å². The summed E-state index contributed by atoms with van der Waals surface area (Å²) < 4.78 is 0. The SMILES string of the molecule is CC(C)(C)N1CCC(CCCCCC2CCN(C(C)(C)C)CC2)CC1. The molecular weight excluding hydrogens is 304 g/mol. The predicted octanol–water partition coefficient (Wildman–Crippen LogP) is 5.96. The number of unbranched alkanes of at least 4 members (excludes halogenated alkanes) is 2. The molecule has 0 atom stereocenters. The quantitative estimate of drug-likeness (QED) is 0.545. The lowest BCUT2D eigenvalue weighted by molar-refractivity contribution is 0.0829. The van der Waals surface area contributed by atoms with Gasteiger partial charge in [-0.15, -0.1) is 0 Å². The van der Waals surface area contributed by atoms with Gasteiger partial charge in [-0.05, 0) is 105 Å². The van der Waals surface area contributed by atoms with Crippen molar-refractivity contribution in [2.24, 2.45) is 11.8 Å². The molecule has 0 aliphatic carbocycles. The number of likely N-dealkylation sites (tertiary alicyclic amines) is 2. The number of hydrogen-bond acceptors (Lipinski definition) is 2. The molecule has 2 aliphatic rings. The summed E-state index contributed by atoms with van der Waals surface area (Å²) >= 11 is 0. The Morgan fingerprint density at radius 2 is 0.880 bits per heavy atom. The van der Waals surface area contributed by atoms with Crippen LogP contribution in [0.25, 0.3) is 0 Å². The van der Waals surface area contributed by atoms with E-state index in [4.69, 9.17) is 0 Å². The molecule has 2 aliphatic heterocycles. The predicted molar refractivity (Wildman–Crippen MR) is 111 cm³/mol. The van der Waals surface area contributed by atoms with Crippen molar-refractivity contribution in [2.75, 3.05) is 26.2 Å². The molecule has 2 rings (SSSR count). The molecule has 0 amide bonds. The topological polar surface area (TPSA) is 6.48 Å². The fraction of sp³-hybridized carbons (Fsp3) is 1.00. The van der Waals surface area contributed by atoms with E-state index in [0.29, 0.717) is 11.1 Å². The van der Waals surface area contributed by atoms with E-state index in [0.717, 1.165) is 11.8 Å². The minimum Gasteiger partial charge on any atom is -0.298 e. The van der Waals surface area contributed by atoms with Crippen molar-refractivity contribution in [3.8, 4) is 0 Å². The van der Waals surface area contributed by atoms with Gasteiger partial charge < -0.3 is 0 Å². The third kappa shape index (κ3) is 7.21. The van der Waals surface area contributed by atoms with Crippen LogP contribution < -0.4 is 0 Å². The van der Waals surface area contributed by atoms with Gasteiger partial charge in [0, 0.05) is 11.1 Å². The van der Waals surface area contributed by atoms with Gasteiger partial charge in [0.25, 0.3) is 0 Å². The summed E-state index contributed by atoms with van der Waals surface area (Å²) in [6.07, 6.45) is 13.1. The molecule has 0 aromatic carbocycles. The van der Waals surface area contributed by atoms with Crippen LogP contribution in [0, 0.1) is 11.8 Å². The normalized spacial score (nSPS) is 23.3. The van der Waals surface area contributed by atoms with Crippen LogP contribution in [0.1, 0.15) is 99.3 Å². The van der Waals surface area contributed by atoms with Crippen molar-refractivity contribution in [1.29, 1.82) is 0 Å². The van der Waals surface area contributed by atoms with Crippen molar-refractivity contribution in [3.05, 3.63) is 0 Å². The van der Waals surface area contributed by atoms with Gasteiger partial charge >= 0.3 is 0 Å². The van der Waals surface area contributed by atoms with Crippen LogP contribution in [0.4, 0.5) is 0 Å². The second-order valence-corrected chi connectivity index (χ2v) is 10.8. The first-order chi connectivity index (χ1) is 11.7. The van der Waals surface area contributed by atoms with E-state index in [1.165, 1.54) is 84.0 Å². The Morgan fingerprint density at radius 1 is 0.560 bits per heavy atom. The molecule has 0 aromatic heterocycles. The minimum atomic E-state index is 0.369. The summed E-state index contributed by atoms with van der Waals surface area (Å²) in [5, 5.41) is 0. The van der Waals surface area contributed by atoms with Gasteiger partial charge in [0.05, 0.1) is 0 Å². The summed E-state index contributed by atoms with van der Waals surface area (Å²) in [7, 11) is 0. The first-order valence-electron chi connectivity index (χ1n) is 11.2. The summed E-state index contributed by atoms with van der Waals surface area (Å²) in [6, 6.07) is 0. The molecule has 2 nitrogen and oxygen atoms in total. The maximum Gasteiger partial charge on any atom is 0.0125 e. The molecule has 2 heteroatoms. The number of rotatable bonds is 6. The summed E-state index contributed by atoms with van der Waals surface area (Å²) in [5.74, 6) is 2.02. The summed E-state index contributed by atoms with van der Waals surface area (Å²) in [5.41, 5.74) is 0.737. The van der Waals surface area contributed by atoms with Crippen LogP contribution in [-0.4, -0.2) is 47.1 Å². The third-order valence-electron chi connectivity index (χ3n) is 6.85. The largest absolute Gasteiger partial charge is 0.298 e. The Bertz CT molecular complexity index is 325. The Kier molecular flexibility index (Phi) is 7.83. The zero-order valence-corrected chi connectivity index (χ0v) is 18.2. The Morgan fingerprint density at radius 3 is 1.16 bits per heavy atom. The van der Waals surface area contributed by atoms with Crippen molar-refractivity contribution in [2.45, 2.75) is 110 Å². The van der Waals surface area contributed by atoms with E-state index in [1.807, 2.05) is 0 Å². The highest BCUT2D eigenvalue weighted by Gasteiger charge is 2.27. The Balaban J connectivity index is 1.50. The van der Waals surface area contributed by atoms with Crippen LogP contribution in [0.2, 0.25) is 0 Å². The van der Waals surface area contributed by atoms with Gasteiger partial charge in [0.15, 0.2) is 0 Å². The molecule has 0 radical (unpaired) electrons. The first-order valence-corrected chi connectivity index (χ1v) is 11.2. The number of hydrogen-bond donors (Lipinski definition) is 0. The molecule has 0 N–H and O–H groups in total. The first kappa shape index (κ1) is 21.2. The van der Waals surface area contributed by atoms with E-state index in [1.54, 1.807) is 0 Å². The van der Waals surface area contributed by atoms with Crippen LogP contribution >= 0.6 is 0 Å². The number of nitrogens with zero attached hydrogens (tertiary/aromatic N) is 2. The van der Waals surface area contributed by atoms with Gasteiger partial charge in [-0.1, -0.05) is 32.1 Å². The maximum absolute atomic E-state index is 2.67. The van der Waals surface area contributed by atoms with Gasteiger partial charge in [0.2, 0.25) is 0 Å². The second-order valence-electron chi connectivity index (χ2n) is 10.8. The molecular formula is C23H46N2. The van der Waals surface area contributed by atoms with Crippen molar-refractivity contribution in [1.82, 2.24) is 9.80 Å². The Labute approximate surface area is 158 Å². The minimum absolute atomic E-state index is 0.369. The van der Waals surface area contributed by atoms with Gasteiger partial charge in [-0.3, -0.25) is 9.80 Å². The monoisotopic (exact) mass is 350 g/mol. The molecule has 0 saturated carbocycles. The highest BCUT2D eigenvalue weighted by molar-refractivity contribution is 4.83. The fourth-order valence-corrected chi connectivity index (χ4v) is 4.83. The van der Waals surface area contributed by atoms with Crippen LogP contribution in [0.3, 0.4) is 0 Å². The van der Waals surface area contributed by atoms with E-state index in [2.05, 4.69) is 51.3 Å². The lowest BCUT2D eigenvalue weighted by Crippen LogP contribution is -2.46. The fourth-order valence-electron chi connectivity index (χ4n) is 4.83. The molecule has 0 unspecified atom stereocenters. The highest BCUT2D eigenvalue weighted by atomic mass is 15.2. The lowest BCUT2D eigenvalue weighted by Gasteiger charge is -2.41. The highest BCUT2D eigenvalue weighted by Crippen LogP contribution is 2.29. The molecule has 0 spiro atoms. The molecule has 0 bridgehead atoms. The smallest absolute Gasteiger partial charge is 0.0125 e. The molecule has 2 heterocycles. The second kappa shape index (κ2) is 9.22. The van der Waals surface area contributed by atoms with Gasteiger partial charge in [-0.25, -0.2) is 0 Å². The molecule has 0 aromatic rings. The zero-order valence-electron chi connectivity index (χ0n) is 18.2. The van der Waals surface area contributed by atoms with Crippen molar-refractivity contribution >= 4 is 0 Å². The van der Waals surface area contributed by atoms with E-state index in [9.17, 15) is 0 Å². The standard InChI is InChI=1S/C23H46N2/c1-22(2,3)24-16-12-20(13-17-24)10-8-7-9-11-21-14-18-25(19-15-21)23(4,5)6/h20-21H,7-19H2,1-6H3. The number of piperidine rings is 2. The van der Waals surface area contributed by atoms with E-state index in [-0.39, 0.29) is 0 Å². The Hall–Kier alpha value is -0.0800. The third-order valence-corrected chi connectivity index (χ3v) is 6.85. The van der Waals surface area contributed by atoms with E-state index < -0.39 is 0 Å². The van der Waals surface area contributed by atoms with Crippen molar-refractivity contribution in [3.63, 3.8) is 0 Å². The lowest BCUT2D eigenvalue weighted by atomic mass is 9.87. The summed E-state index contributed by atoms with van der Waals surface area (Å²) in [6.45, 7) is 19.4. The molecule has 2 fully saturated rings. The molecule has 25 heavy (non-hydrogen) atoms. The van der Waals surface area contributed by atoms with Gasteiger partial charge in [-0.2, -0.15) is 0 Å². The van der Waals surface area contributed by atoms with Crippen molar-refractivity contribution < 1.29 is 0 Å². The molecule has 2 saturated heterocycles. The van der Waals surface area contributed by atoms with Gasteiger partial charge in [0.1, 0.15) is 0 Å². The van der Waals surface area contributed by atoms with E-state index >= 15 is 0 Å². The average molecular weight is 351 g/mol. The van der Waals surface area contributed by atoms with Crippen LogP contribution in [0.15, 0.2) is 0 Å². The average Bonchev–Trinajstić information content (AvgIpc) is 2.54. The maximum atomic E-state index is 2.67. The molecule has 148 valence electrons. The zero-order chi connectivity index (χ0) is 18.5.